The number of nitrogens with one attached hydrogen (secondary N) is 1. The fraction of sp³-hybridized carbons (Fsp3) is 0.409. The molecule has 5 heteroatoms. The molecule has 2 aromatic carbocycles. The van der Waals surface area contributed by atoms with Gasteiger partial charge in [-0.25, -0.2) is 0 Å². The highest BCUT2D eigenvalue weighted by Gasteiger charge is 2.13. The lowest BCUT2D eigenvalue weighted by atomic mass is 10.1. The summed E-state index contributed by atoms with van der Waals surface area (Å²) in [6, 6.07) is 15.6. The Hall–Kier alpha value is -2.37. The third kappa shape index (κ3) is 5.81. The van der Waals surface area contributed by atoms with E-state index in [9.17, 15) is 4.79 Å². The molecule has 0 saturated carbocycles. The first-order valence-electron chi connectivity index (χ1n) is 9.50. The fourth-order valence-electron chi connectivity index (χ4n) is 3.06. The lowest BCUT2D eigenvalue weighted by Gasteiger charge is -2.26. The molecule has 2 aromatic rings. The predicted octanol–water partition coefficient (Wildman–Crippen LogP) is 3.02. The molecule has 1 amide bonds. The first-order valence-corrected chi connectivity index (χ1v) is 9.50. The number of hydrogen-bond acceptors (Lipinski definition) is 4. The quantitative estimate of drug-likeness (QED) is 0.816. The number of para-hydroxylation sites is 1. The van der Waals surface area contributed by atoms with Crippen LogP contribution in [0.3, 0.4) is 0 Å². The molecule has 0 bridgehead atoms. The minimum absolute atomic E-state index is 0.0752. The highest BCUT2D eigenvalue weighted by Crippen LogP contribution is 2.16. The molecule has 1 aliphatic rings. The van der Waals surface area contributed by atoms with Gasteiger partial charge in [-0.15, -0.1) is 0 Å². The zero-order valence-corrected chi connectivity index (χ0v) is 16.1. The Morgan fingerprint density at radius 1 is 1.15 bits per heavy atom. The molecule has 0 radical (unpaired) electrons. The van der Waals surface area contributed by atoms with Gasteiger partial charge >= 0.3 is 0 Å². The summed E-state index contributed by atoms with van der Waals surface area (Å²) in [5.41, 5.74) is 2.97. The van der Waals surface area contributed by atoms with E-state index in [0.717, 1.165) is 44.2 Å². The molecule has 0 aliphatic carbocycles. The van der Waals surface area contributed by atoms with Crippen molar-refractivity contribution in [3.63, 3.8) is 0 Å². The number of rotatable bonds is 7. The maximum absolute atomic E-state index is 12.4. The molecule has 0 spiro atoms. The van der Waals surface area contributed by atoms with Gasteiger partial charge in [0.05, 0.1) is 19.3 Å². The van der Waals surface area contributed by atoms with Gasteiger partial charge in [-0.1, -0.05) is 30.3 Å². The molecule has 3 rings (SSSR count). The van der Waals surface area contributed by atoms with E-state index in [1.807, 2.05) is 62.4 Å². The molecule has 1 N–H and O–H groups in total. The summed E-state index contributed by atoms with van der Waals surface area (Å²) in [6.07, 6.45) is 0. The summed E-state index contributed by atoms with van der Waals surface area (Å²) < 4.78 is 11.2. The Bertz CT molecular complexity index is 739. The van der Waals surface area contributed by atoms with Crippen LogP contribution in [0.25, 0.3) is 0 Å². The lowest BCUT2D eigenvalue weighted by molar-refractivity contribution is 0.0342. The lowest BCUT2D eigenvalue weighted by Crippen LogP contribution is -2.37. The van der Waals surface area contributed by atoms with E-state index >= 15 is 0 Å². The first-order chi connectivity index (χ1) is 13.1. The van der Waals surface area contributed by atoms with Crippen molar-refractivity contribution in [1.82, 2.24) is 10.2 Å². The smallest absolute Gasteiger partial charge is 0.251 e. The molecule has 27 heavy (non-hydrogen) atoms. The van der Waals surface area contributed by atoms with E-state index in [1.165, 1.54) is 5.56 Å². The third-order valence-corrected chi connectivity index (χ3v) is 4.69. The van der Waals surface area contributed by atoms with Gasteiger partial charge in [0.2, 0.25) is 0 Å². The third-order valence-electron chi connectivity index (χ3n) is 4.69. The zero-order valence-electron chi connectivity index (χ0n) is 16.1. The largest absolute Gasteiger partial charge is 0.491 e. The maximum atomic E-state index is 12.4. The average molecular weight is 368 g/mol. The Morgan fingerprint density at radius 2 is 1.85 bits per heavy atom. The minimum atomic E-state index is -0.0786. The van der Waals surface area contributed by atoms with E-state index in [-0.39, 0.29) is 11.9 Å². The van der Waals surface area contributed by atoms with Gasteiger partial charge in [-0.3, -0.25) is 9.69 Å². The molecule has 1 heterocycles. The maximum Gasteiger partial charge on any atom is 0.251 e. The Labute approximate surface area is 161 Å². The van der Waals surface area contributed by atoms with Gasteiger partial charge in [0.15, 0.2) is 0 Å². The predicted molar refractivity (Wildman–Crippen MR) is 106 cm³/mol. The minimum Gasteiger partial charge on any atom is -0.491 e. The number of hydrogen-bond donors (Lipinski definition) is 1. The normalized spacial score (nSPS) is 15.9. The van der Waals surface area contributed by atoms with Crippen LogP contribution in [0.15, 0.2) is 48.5 Å². The highest BCUT2D eigenvalue weighted by atomic mass is 16.5. The fourth-order valence-corrected chi connectivity index (χ4v) is 3.06. The Kier molecular flexibility index (Phi) is 6.85. The van der Waals surface area contributed by atoms with E-state index in [0.29, 0.717) is 12.2 Å². The summed E-state index contributed by atoms with van der Waals surface area (Å²) in [5, 5.41) is 3.00. The van der Waals surface area contributed by atoms with Crippen molar-refractivity contribution in [3.8, 4) is 5.75 Å². The number of amides is 1. The van der Waals surface area contributed by atoms with Crippen LogP contribution in [0.5, 0.6) is 5.75 Å². The Morgan fingerprint density at radius 3 is 2.56 bits per heavy atom. The van der Waals surface area contributed by atoms with Crippen molar-refractivity contribution >= 4 is 5.91 Å². The monoisotopic (exact) mass is 368 g/mol. The van der Waals surface area contributed by atoms with E-state index < -0.39 is 0 Å². The topological polar surface area (TPSA) is 50.8 Å². The Balaban J connectivity index is 1.47. The van der Waals surface area contributed by atoms with Gasteiger partial charge in [-0.05, 0) is 43.2 Å². The summed E-state index contributed by atoms with van der Waals surface area (Å²) in [6.45, 7) is 8.80. The molecule has 1 fully saturated rings. The first kappa shape index (κ1) is 19.4. The van der Waals surface area contributed by atoms with E-state index in [4.69, 9.17) is 9.47 Å². The van der Waals surface area contributed by atoms with Crippen LogP contribution in [0.1, 0.15) is 28.4 Å². The zero-order chi connectivity index (χ0) is 19.1. The highest BCUT2D eigenvalue weighted by molar-refractivity contribution is 5.94. The number of aryl methyl sites for hydroxylation is 1. The van der Waals surface area contributed by atoms with Crippen molar-refractivity contribution in [3.05, 3.63) is 65.2 Å². The molecule has 1 aliphatic heterocycles. The number of nitrogens with zero attached hydrogens (tertiary/aromatic N) is 1. The second-order valence-corrected chi connectivity index (χ2v) is 7.04. The SMILES string of the molecule is Cc1ccccc1OCC(C)NC(=O)c1ccc(CN2CCOCC2)cc1. The molecule has 144 valence electrons. The molecule has 1 atom stereocenters. The van der Waals surface area contributed by atoms with Crippen LogP contribution in [0.4, 0.5) is 0 Å². The molecular formula is C22H28N2O3. The second kappa shape index (κ2) is 9.53. The second-order valence-electron chi connectivity index (χ2n) is 7.04. The summed E-state index contributed by atoms with van der Waals surface area (Å²) in [4.78, 5) is 14.8. The van der Waals surface area contributed by atoms with E-state index in [2.05, 4.69) is 10.2 Å². The van der Waals surface area contributed by atoms with Crippen LogP contribution in [-0.2, 0) is 11.3 Å². The van der Waals surface area contributed by atoms with Crippen LogP contribution in [0.2, 0.25) is 0 Å². The van der Waals surface area contributed by atoms with Crippen molar-refractivity contribution < 1.29 is 14.3 Å². The van der Waals surface area contributed by atoms with Crippen molar-refractivity contribution in [2.24, 2.45) is 0 Å². The number of carbonyl (C=O) groups excluding carboxylic acids is 1. The van der Waals surface area contributed by atoms with Crippen LogP contribution in [-0.4, -0.2) is 49.8 Å². The molecular weight excluding hydrogens is 340 g/mol. The molecule has 5 nitrogen and oxygen atoms in total. The molecule has 1 unspecified atom stereocenters. The van der Waals surface area contributed by atoms with Crippen LogP contribution < -0.4 is 10.1 Å². The van der Waals surface area contributed by atoms with Crippen molar-refractivity contribution in [2.45, 2.75) is 26.4 Å². The van der Waals surface area contributed by atoms with Crippen molar-refractivity contribution in [2.75, 3.05) is 32.9 Å². The number of carbonyl (C=O) groups is 1. The van der Waals surface area contributed by atoms with Gasteiger partial charge in [0.25, 0.3) is 5.91 Å². The molecule has 1 saturated heterocycles. The van der Waals surface area contributed by atoms with Crippen LogP contribution >= 0.6 is 0 Å². The van der Waals surface area contributed by atoms with Crippen LogP contribution in [0, 0.1) is 6.92 Å². The summed E-state index contributed by atoms with van der Waals surface area (Å²) in [5.74, 6) is 0.778. The van der Waals surface area contributed by atoms with Gasteiger partial charge in [0, 0.05) is 25.2 Å². The van der Waals surface area contributed by atoms with Gasteiger partial charge in [-0.2, -0.15) is 0 Å². The van der Waals surface area contributed by atoms with E-state index in [1.54, 1.807) is 0 Å². The number of benzene rings is 2. The number of morpholine rings is 1. The standard InChI is InChI=1S/C22H28N2O3/c1-17-5-3-4-6-21(17)27-16-18(2)23-22(25)20-9-7-19(8-10-20)15-24-11-13-26-14-12-24/h3-10,18H,11-16H2,1-2H3,(H,23,25). The summed E-state index contributed by atoms with van der Waals surface area (Å²) >= 11 is 0. The van der Waals surface area contributed by atoms with Gasteiger partial charge in [0.1, 0.15) is 12.4 Å². The summed E-state index contributed by atoms with van der Waals surface area (Å²) in [7, 11) is 0. The molecule has 0 aromatic heterocycles. The number of ether oxygens (including phenoxy) is 2. The van der Waals surface area contributed by atoms with Gasteiger partial charge < -0.3 is 14.8 Å². The average Bonchev–Trinajstić information content (AvgIpc) is 2.69. The van der Waals surface area contributed by atoms with Crippen molar-refractivity contribution in [1.29, 1.82) is 0 Å².